The minimum absolute atomic E-state index is 0.273. The minimum atomic E-state index is 0.273. The van der Waals surface area contributed by atoms with Crippen molar-refractivity contribution >= 4 is 33.2 Å². The van der Waals surface area contributed by atoms with E-state index in [1.807, 2.05) is 19.1 Å². The maximum atomic E-state index is 6.15. The number of hydrogen-bond acceptors (Lipinski definition) is 3. The molecule has 0 radical (unpaired) electrons. The van der Waals surface area contributed by atoms with Gasteiger partial charge in [0.25, 0.3) is 0 Å². The van der Waals surface area contributed by atoms with Gasteiger partial charge in [-0.3, -0.25) is 0 Å². The molecule has 2 rings (SSSR count). The van der Waals surface area contributed by atoms with E-state index in [0.717, 1.165) is 28.8 Å². The molecule has 112 valence electrons. The van der Waals surface area contributed by atoms with Gasteiger partial charge in [-0.25, -0.2) is 0 Å². The van der Waals surface area contributed by atoms with Crippen molar-refractivity contribution in [3.8, 4) is 5.75 Å². The summed E-state index contributed by atoms with van der Waals surface area (Å²) in [5.74, 6) is 0.823. The van der Waals surface area contributed by atoms with E-state index in [1.165, 1.54) is 0 Å². The highest BCUT2D eigenvalue weighted by molar-refractivity contribution is 9.10. The Morgan fingerprint density at radius 2 is 2.00 bits per heavy atom. The van der Waals surface area contributed by atoms with Crippen LogP contribution in [0, 0.1) is 0 Å². The van der Waals surface area contributed by atoms with Crippen molar-refractivity contribution in [1.29, 1.82) is 0 Å². The van der Waals surface area contributed by atoms with Crippen molar-refractivity contribution in [2.45, 2.75) is 51.9 Å². The van der Waals surface area contributed by atoms with Crippen molar-refractivity contribution in [1.82, 2.24) is 0 Å². The van der Waals surface area contributed by atoms with Gasteiger partial charge in [0.15, 0.2) is 5.75 Å². The van der Waals surface area contributed by atoms with Crippen LogP contribution in [0.4, 0.5) is 5.69 Å². The average Bonchev–Trinajstić information content (AvgIpc) is 2.32. The van der Waals surface area contributed by atoms with Gasteiger partial charge in [-0.05, 0) is 61.7 Å². The van der Waals surface area contributed by atoms with E-state index in [9.17, 15) is 0 Å². The van der Waals surface area contributed by atoms with Crippen LogP contribution in [0.15, 0.2) is 16.6 Å². The van der Waals surface area contributed by atoms with Crippen LogP contribution in [0.5, 0.6) is 5.75 Å². The summed E-state index contributed by atoms with van der Waals surface area (Å²) in [6.07, 6.45) is 2.52. The van der Waals surface area contributed by atoms with Crippen LogP contribution < -0.4 is 10.1 Å². The van der Waals surface area contributed by atoms with E-state index >= 15 is 0 Å². The molecule has 0 spiro atoms. The Kier molecular flexibility index (Phi) is 5.58. The number of hydrogen-bond donors (Lipinski definition) is 1. The molecule has 0 aliphatic carbocycles. The molecular formula is C15H21BrClNO2. The molecule has 1 aromatic carbocycles. The van der Waals surface area contributed by atoms with Crippen LogP contribution in [0.2, 0.25) is 5.02 Å². The van der Waals surface area contributed by atoms with Crippen molar-refractivity contribution in [2.24, 2.45) is 0 Å². The van der Waals surface area contributed by atoms with Crippen LogP contribution in [0.3, 0.4) is 0 Å². The molecule has 1 aliphatic rings. The zero-order valence-corrected chi connectivity index (χ0v) is 14.4. The second-order valence-electron chi connectivity index (χ2n) is 5.27. The summed E-state index contributed by atoms with van der Waals surface area (Å²) in [6.45, 7) is 6.82. The molecule has 20 heavy (non-hydrogen) atoms. The zero-order valence-electron chi connectivity index (χ0n) is 12.1. The molecule has 1 saturated heterocycles. The summed E-state index contributed by atoms with van der Waals surface area (Å²) < 4.78 is 12.4. The van der Waals surface area contributed by atoms with Crippen molar-refractivity contribution in [2.75, 3.05) is 11.9 Å². The highest BCUT2D eigenvalue weighted by Crippen LogP contribution is 2.38. The smallest absolute Gasteiger partial charge is 0.156 e. The third kappa shape index (κ3) is 4.03. The fourth-order valence-electron chi connectivity index (χ4n) is 2.70. The van der Waals surface area contributed by atoms with Gasteiger partial charge in [0.2, 0.25) is 0 Å². The molecule has 1 N–H and O–H groups in total. The number of nitrogens with one attached hydrogen (secondary N) is 1. The van der Waals surface area contributed by atoms with Crippen LogP contribution in [-0.2, 0) is 4.74 Å². The predicted octanol–water partition coefficient (Wildman–Crippen LogP) is 4.87. The third-order valence-electron chi connectivity index (χ3n) is 3.35. The first kappa shape index (κ1) is 15.9. The Balaban J connectivity index is 2.19. The number of rotatable bonds is 4. The van der Waals surface area contributed by atoms with E-state index in [4.69, 9.17) is 21.1 Å². The first-order chi connectivity index (χ1) is 9.49. The Bertz CT molecular complexity index is 459. The van der Waals surface area contributed by atoms with E-state index in [0.29, 0.717) is 17.7 Å². The van der Waals surface area contributed by atoms with Crippen molar-refractivity contribution < 1.29 is 9.47 Å². The summed E-state index contributed by atoms with van der Waals surface area (Å²) >= 11 is 9.66. The van der Waals surface area contributed by atoms with Gasteiger partial charge < -0.3 is 14.8 Å². The molecule has 1 fully saturated rings. The fraction of sp³-hybridized carbons (Fsp3) is 0.600. The predicted molar refractivity (Wildman–Crippen MR) is 87.0 cm³/mol. The molecule has 0 saturated carbocycles. The molecular weight excluding hydrogens is 342 g/mol. The van der Waals surface area contributed by atoms with E-state index in [-0.39, 0.29) is 12.2 Å². The summed E-state index contributed by atoms with van der Waals surface area (Å²) in [5, 5.41) is 4.25. The van der Waals surface area contributed by atoms with Gasteiger partial charge >= 0.3 is 0 Å². The third-order valence-corrected chi connectivity index (χ3v) is 4.16. The van der Waals surface area contributed by atoms with Crippen LogP contribution in [0.1, 0.15) is 33.6 Å². The van der Waals surface area contributed by atoms with Crippen molar-refractivity contribution in [3.63, 3.8) is 0 Å². The topological polar surface area (TPSA) is 30.5 Å². The molecule has 0 amide bonds. The Labute approximate surface area is 134 Å². The Morgan fingerprint density at radius 1 is 1.35 bits per heavy atom. The van der Waals surface area contributed by atoms with Gasteiger partial charge in [0.05, 0.1) is 29.0 Å². The monoisotopic (exact) mass is 361 g/mol. The summed E-state index contributed by atoms with van der Waals surface area (Å²) in [4.78, 5) is 0. The lowest BCUT2D eigenvalue weighted by molar-refractivity contribution is -0.0338. The lowest BCUT2D eigenvalue weighted by atomic mass is 9.99. The number of benzene rings is 1. The maximum Gasteiger partial charge on any atom is 0.156 e. The van der Waals surface area contributed by atoms with Crippen LogP contribution >= 0.6 is 27.5 Å². The molecule has 1 aliphatic heterocycles. The standard InChI is InChI=1S/C15H21BrClNO2/c1-4-19-15-13(16)7-11(17)8-14(15)18-12-5-9(2)20-10(3)6-12/h7-10,12,18H,4-6H2,1-3H3. The van der Waals surface area contributed by atoms with Gasteiger partial charge in [-0.1, -0.05) is 11.6 Å². The number of anilines is 1. The van der Waals surface area contributed by atoms with E-state index in [2.05, 4.69) is 35.1 Å². The van der Waals surface area contributed by atoms with E-state index < -0.39 is 0 Å². The van der Waals surface area contributed by atoms with Gasteiger partial charge in [0.1, 0.15) is 0 Å². The lowest BCUT2D eigenvalue weighted by Gasteiger charge is -2.33. The number of ether oxygens (including phenoxy) is 2. The second kappa shape index (κ2) is 7.01. The average molecular weight is 363 g/mol. The summed E-state index contributed by atoms with van der Waals surface area (Å²) in [6, 6.07) is 4.15. The van der Waals surface area contributed by atoms with Crippen LogP contribution in [-0.4, -0.2) is 24.9 Å². The molecule has 0 bridgehead atoms. The van der Waals surface area contributed by atoms with Gasteiger partial charge in [-0.15, -0.1) is 0 Å². The normalized spacial score (nSPS) is 26.4. The molecule has 2 atom stereocenters. The first-order valence-electron chi connectivity index (χ1n) is 7.03. The zero-order chi connectivity index (χ0) is 14.7. The maximum absolute atomic E-state index is 6.15. The van der Waals surface area contributed by atoms with E-state index in [1.54, 1.807) is 0 Å². The molecule has 5 heteroatoms. The lowest BCUT2D eigenvalue weighted by Crippen LogP contribution is -2.37. The SMILES string of the molecule is CCOc1c(Br)cc(Cl)cc1NC1CC(C)OC(C)C1. The first-order valence-corrected chi connectivity index (χ1v) is 8.20. The summed E-state index contributed by atoms with van der Waals surface area (Å²) in [5.41, 5.74) is 0.942. The van der Waals surface area contributed by atoms with Gasteiger partial charge in [0, 0.05) is 11.1 Å². The van der Waals surface area contributed by atoms with Crippen LogP contribution in [0.25, 0.3) is 0 Å². The van der Waals surface area contributed by atoms with Gasteiger partial charge in [-0.2, -0.15) is 0 Å². The number of halogens is 2. The highest BCUT2D eigenvalue weighted by atomic mass is 79.9. The molecule has 2 unspecified atom stereocenters. The summed E-state index contributed by atoms with van der Waals surface area (Å²) in [7, 11) is 0. The largest absolute Gasteiger partial charge is 0.491 e. The molecule has 1 heterocycles. The Hall–Kier alpha value is -0.450. The molecule has 1 aromatic rings. The molecule has 3 nitrogen and oxygen atoms in total. The second-order valence-corrected chi connectivity index (χ2v) is 6.56. The Morgan fingerprint density at radius 3 is 2.60 bits per heavy atom. The minimum Gasteiger partial charge on any atom is -0.491 e. The quantitative estimate of drug-likeness (QED) is 0.829. The highest BCUT2D eigenvalue weighted by Gasteiger charge is 2.25. The fourth-order valence-corrected chi connectivity index (χ4v) is 3.63. The van der Waals surface area contributed by atoms with Crippen molar-refractivity contribution in [3.05, 3.63) is 21.6 Å². The molecule has 0 aromatic heterocycles.